The molecule has 0 bridgehead atoms. The molecule has 0 unspecified atom stereocenters. The molecule has 0 aliphatic heterocycles. The van der Waals surface area contributed by atoms with Crippen LogP contribution in [0.4, 0.5) is 0 Å². The molecular formula is C40H69O8P. The summed E-state index contributed by atoms with van der Waals surface area (Å²) in [4.78, 5) is 42.7. The highest BCUT2D eigenvalue weighted by atomic mass is 31.2. The average Bonchev–Trinajstić information content (AvgIpc) is 3.07. The molecule has 0 fully saturated rings. The van der Waals surface area contributed by atoms with Gasteiger partial charge in [-0.05, 0) is 77.0 Å². The van der Waals surface area contributed by atoms with E-state index in [0.29, 0.717) is 12.8 Å². The van der Waals surface area contributed by atoms with Gasteiger partial charge in [-0.15, -0.1) is 0 Å². The lowest BCUT2D eigenvalue weighted by Crippen LogP contribution is -2.29. The number of hydrogen-bond acceptors (Lipinski definition) is 6. The van der Waals surface area contributed by atoms with Gasteiger partial charge in [0, 0.05) is 12.8 Å². The SMILES string of the molecule is CCCC/C=C\C/C=C\CCCCCCCC(=O)O[C@H](COC(=O)CCCCCC/C=C\C/C=C\C/C=C\CCCCC)COP(=O)(O)O. The zero-order chi connectivity index (χ0) is 36.1. The summed E-state index contributed by atoms with van der Waals surface area (Å²) in [6.07, 6.45) is 43.6. The van der Waals surface area contributed by atoms with Gasteiger partial charge >= 0.3 is 19.8 Å². The van der Waals surface area contributed by atoms with Gasteiger partial charge in [-0.2, -0.15) is 0 Å². The molecule has 0 aromatic carbocycles. The van der Waals surface area contributed by atoms with E-state index in [4.69, 9.17) is 19.3 Å². The fourth-order valence-electron chi connectivity index (χ4n) is 4.86. The molecule has 0 aromatic rings. The molecule has 0 aliphatic rings. The highest BCUT2D eigenvalue weighted by molar-refractivity contribution is 7.46. The molecular weight excluding hydrogens is 639 g/mol. The Morgan fingerprint density at radius 3 is 1.43 bits per heavy atom. The number of allylic oxidation sites excluding steroid dienone is 10. The van der Waals surface area contributed by atoms with Crippen LogP contribution in [0.1, 0.15) is 162 Å². The van der Waals surface area contributed by atoms with E-state index in [-0.39, 0.29) is 19.4 Å². The summed E-state index contributed by atoms with van der Waals surface area (Å²) in [6.45, 7) is 3.57. The van der Waals surface area contributed by atoms with E-state index in [1.165, 1.54) is 38.5 Å². The van der Waals surface area contributed by atoms with Crippen LogP contribution in [0.3, 0.4) is 0 Å². The Morgan fingerprint density at radius 2 is 0.939 bits per heavy atom. The summed E-state index contributed by atoms with van der Waals surface area (Å²) >= 11 is 0. The van der Waals surface area contributed by atoms with Gasteiger partial charge in [-0.25, -0.2) is 4.57 Å². The third-order valence-corrected chi connectivity index (χ3v) is 8.24. The molecule has 0 aliphatic carbocycles. The fourth-order valence-corrected chi connectivity index (χ4v) is 5.23. The summed E-state index contributed by atoms with van der Waals surface area (Å²) in [5.41, 5.74) is 0. The number of carbonyl (C=O) groups is 2. The first-order valence-electron chi connectivity index (χ1n) is 19.1. The zero-order valence-corrected chi connectivity index (χ0v) is 31.7. The van der Waals surface area contributed by atoms with Crippen LogP contribution >= 0.6 is 7.82 Å². The number of hydrogen-bond donors (Lipinski definition) is 2. The normalized spacial score (nSPS) is 13.1. The minimum Gasteiger partial charge on any atom is -0.462 e. The lowest BCUT2D eigenvalue weighted by molar-refractivity contribution is -0.161. The number of ether oxygens (including phenoxy) is 2. The molecule has 0 amide bonds. The molecule has 8 nitrogen and oxygen atoms in total. The van der Waals surface area contributed by atoms with Crippen LogP contribution in [0.5, 0.6) is 0 Å². The minimum atomic E-state index is -4.76. The largest absolute Gasteiger partial charge is 0.469 e. The zero-order valence-electron chi connectivity index (χ0n) is 30.8. The molecule has 49 heavy (non-hydrogen) atoms. The van der Waals surface area contributed by atoms with E-state index in [1.807, 2.05) is 0 Å². The van der Waals surface area contributed by atoms with E-state index in [1.54, 1.807) is 0 Å². The van der Waals surface area contributed by atoms with Gasteiger partial charge < -0.3 is 19.3 Å². The molecule has 0 radical (unpaired) electrons. The Bertz CT molecular complexity index is 979. The first-order chi connectivity index (χ1) is 23.8. The van der Waals surface area contributed by atoms with E-state index < -0.39 is 32.5 Å². The van der Waals surface area contributed by atoms with Gasteiger partial charge in [0.2, 0.25) is 0 Å². The average molecular weight is 709 g/mol. The van der Waals surface area contributed by atoms with Crippen LogP contribution in [0, 0.1) is 0 Å². The van der Waals surface area contributed by atoms with Crippen molar-refractivity contribution in [1.29, 1.82) is 0 Å². The third-order valence-electron chi connectivity index (χ3n) is 7.76. The number of rotatable bonds is 34. The van der Waals surface area contributed by atoms with Crippen LogP contribution in [-0.2, 0) is 28.2 Å². The molecule has 0 aromatic heterocycles. The number of unbranched alkanes of at least 4 members (excludes halogenated alkanes) is 14. The van der Waals surface area contributed by atoms with Gasteiger partial charge in [0.15, 0.2) is 6.10 Å². The summed E-state index contributed by atoms with van der Waals surface area (Å²) < 4.78 is 26.3. The van der Waals surface area contributed by atoms with E-state index in [2.05, 4.69) is 79.1 Å². The van der Waals surface area contributed by atoms with E-state index >= 15 is 0 Å². The molecule has 0 rings (SSSR count). The van der Waals surface area contributed by atoms with Crippen molar-refractivity contribution in [3.8, 4) is 0 Å². The second-order valence-electron chi connectivity index (χ2n) is 12.5. The standard InChI is InChI=1S/C40H69O8P/c1-3-5-7-9-11-13-15-17-19-20-21-23-24-26-28-30-32-34-39(41)46-36-38(37-47-49(43,44)45)48-40(42)35-33-31-29-27-25-22-18-16-14-12-10-8-6-4-2/h10-13,16-19,21,23,38H,3-9,14-15,20,22,24-37H2,1-2H3,(H2,43,44,45)/b12-10-,13-11-,18-16-,19-17-,23-21-/t38-/m1/s1. The highest BCUT2D eigenvalue weighted by Crippen LogP contribution is 2.36. The van der Waals surface area contributed by atoms with Gasteiger partial charge in [0.25, 0.3) is 0 Å². The van der Waals surface area contributed by atoms with Gasteiger partial charge in [0.05, 0.1) is 6.61 Å². The van der Waals surface area contributed by atoms with Crippen molar-refractivity contribution in [3.05, 3.63) is 60.8 Å². The molecule has 0 saturated carbocycles. The minimum absolute atomic E-state index is 0.188. The second kappa shape index (κ2) is 35.6. The smallest absolute Gasteiger partial charge is 0.462 e. The summed E-state index contributed by atoms with van der Waals surface area (Å²) in [7, 11) is -4.76. The van der Waals surface area contributed by atoms with E-state index in [9.17, 15) is 14.2 Å². The second-order valence-corrected chi connectivity index (χ2v) is 13.8. The first-order valence-corrected chi connectivity index (χ1v) is 20.6. The molecule has 1 atom stereocenters. The number of esters is 2. The molecule has 9 heteroatoms. The van der Waals surface area contributed by atoms with Gasteiger partial charge in [-0.1, -0.05) is 132 Å². The van der Waals surface area contributed by atoms with Crippen molar-refractivity contribution < 1.29 is 37.9 Å². The summed E-state index contributed by atoms with van der Waals surface area (Å²) in [5.74, 6) is -0.932. The van der Waals surface area contributed by atoms with Crippen LogP contribution < -0.4 is 0 Å². The molecule has 0 spiro atoms. The number of phosphoric acid groups is 1. The predicted octanol–water partition coefficient (Wildman–Crippen LogP) is 11.3. The lowest BCUT2D eigenvalue weighted by atomic mass is 10.1. The van der Waals surface area contributed by atoms with Crippen LogP contribution in [-0.4, -0.2) is 41.0 Å². The van der Waals surface area contributed by atoms with Crippen molar-refractivity contribution in [1.82, 2.24) is 0 Å². The Morgan fingerprint density at radius 1 is 0.531 bits per heavy atom. The Kier molecular flexibility index (Phi) is 33.9. The third kappa shape index (κ3) is 38.4. The molecule has 0 heterocycles. The lowest BCUT2D eigenvalue weighted by Gasteiger charge is -2.18. The first kappa shape index (κ1) is 46.8. The fraction of sp³-hybridized carbons (Fsp3) is 0.700. The van der Waals surface area contributed by atoms with Crippen LogP contribution in [0.15, 0.2) is 60.8 Å². The Hall–Kier alpha value is -2.25. The maximum Gasteiger partial charge on any atom is 0.469 e. The predicted molar refractivity (Wildman–Crippen MR) is 202 cm³/mol. The Labute approximate surface area is 298 Å². The molecule has 2 N–H and O–H groups in total. The van der Waals surface area contributed by atoms with Crippen molar-refractivity contribution >= 4 is 19.8 Å². The maximum atomic E-state index is 12.3. The van der Waals surface area contributed by atoms with Gasteiger partial charge in [-0.3, -0.25) is 14.1 Å². The quantitative estimate of drug-likeness (QED) is 0.0293. The summed E-state index contributed by atoms with van der Waals surface area (Å²) in [5, 5.41) is 0. The topological polar surface area (TPSA) is 119 Å². The van der Waals surface area contributed by atoms with Crippen LogP contribution in [0.25, 0.3) is 0 Å². The molecule has 0 saturated heterocycles. The highest BCUT2D eigenvalue weighted by Gasteiger charge is 2.22. The van der Waals surface area contributed by atoms with Crippen molar-refractivity contribution in [2.75, 3.05) is 13.2 Å². The van der Waals surface area contributed by atoms with Crippen molar-refractivity contribution in [2.24, 2.45) is 0 Å². The monoisotopic (exact) mass is 708 g/mol. The van der Waals surface area contributed by atoms with Crippen LogP contribution in [0.2, 0.25) is 0 Å². The van der Waals surface area contributed by atoms with Crippen molar-refractivity contribution in [2.45, 2.75) is 168 Å². The molecule has 282 valence electrons. The number of phosphoric ester groups is 1. The van der Waals surface area contributed by atoms with E-state index in [0.717, 1.165) is 83.5 Å². The number of carbonyl (C=O) groups excluding carboxylic acids is 2. The maximum absolute atomic E-state index is 12.3. The van der Waals surface area contributed by atoms with Gasteiger partial charge in [0.1, 0.15) is 6.61 Å². The summed E-state index contributed by atoms with van der Waals surface area (Å²) in [6, 6.07) is 0. The Balaban J connectivity index is 4.04. The van der Waals surface area contributed by atoms with Crippen molar-refractivity contribution in [3.63, 3.8) is 0 Å².